The van der Waals surface area contributed by atoms with Crippen molar-refractivity contribution in [3.8, 4) is 0 Å². The summed E-state index contributed by atoms with van der Waals surface area (Å²) in [5.74, 6) is -2.05. The van der Waals surface area contributed by atoms with Crippen LogP contribution in [-0.4, -0.2) is 71.5 Å². The Morgan fingerprint density at radius 3 is 2.51 bits per heavy atom. The van der Waals surface area contributed by atoms with E-state index in [-0.39, 0.29) is 47.1 Å². The zero-order valence-electron chi connectivity index (χ0n) is 24.1. The smallest absolute Gasteiger partial charge is 0.324 e. The lowest BCUT2D eigenvalue weighted by atomic mass is 9.85. The van der Waals surface area contributed by atoms with Crippen molar-refractivity contribution in [2.24, 2.45) is 5.73 Å². The Morgan fingerprint density at radius 2 is 1.82 bits per heavy atom. The largest absolute Gasteiger partial charge is 0.433 e. The Bertz CT molecular complexity index is 1670. The van der Waals surface area contributed by atoms with Crippen LogP contribution in [0.1, 0.15) is 47.6 Å². The number of carbonyl (C=O) groups excluding carboxylic acids is 1. The third-order valence-corrected chi connectivity index (χ3v) is 11.2. The zero-order valence-corrected chi connectivity index (χ0v) is 25.6. The van der Waals surface area contributed by atoms with Crippen LogP contribution in [0.4, 0.5) is 23.2 Å². The van der Waals surface area contributed by atoms with E-state index in [9.17, 15) is 26.4 Å². The molecular weight excluding hydrogens is 634 g/mol. The van der Waals surface area contributed by atoms with Gasteiger partial charge >= 0.3 is 6.18 Å². The number of nitrogens with zero attached hydrogens (tertiary/aromatic N) is 3. The number of amides is 1. The fourth-order valence-corrected chi connectivity index (χ4v) is 8.68. The molecule has 1 amide bonds. The standard InChI is InChI=1S/C31H32ClF4N5O3S/c32-20-9-6-18(7-10-20)28(19-8-13-27(38-15-19)31(34,35)36)29(37)30(42)39-24-5-1-4-23(33)22(24)11-12-25-26-17-40(26)21-3-2-14-45(43,44)41(25)16-21/h1,4-10,13,15,21,25-26,28-29H,2-3,11-12,14,16-17,37H2,(H,39,42). The number of alkyl halides is 3. The number of rotatable bonds is 8. The predicted octanol–water partition coefficient (Wildman–Crippen LogP) is 4.78. The van der Waals surface area contributed by atoms with Crippen molar-refractivity contribution in [1.82, 2.24) is 14.2 Å². The third-order valence-electron chi connectivity index (χ3n) is 9.05. The van der Waals surface area contributed by atoms with Crippen LogP contribution in [-0.2, 0) is 27.4 Å². The summed E-state index contributed by atoms with van der Waals surface area (Å²) in [6.45, 7) is 1.24. The van der Waals surface area contributed by atoms with Crippen molar-refractivity contribution in [3.05, 3.63) is 94.0 Å². The summed E-state index contributed by atoms with van der Waals surface area (Å²) in [6, 6.07) is 11.4. The van der Waals surface area contributed by atoms with Crippen LogP contribution in [0.5, 0.6) is 0 Å². The zero-order chi connectivity index (χ0) is 32.1. The molecule has 7 unspecified atom stereocenters. The molecule has 6 rings (SSSR count). The first kappa shape index (κ1) is 31.9. The lowest BCUT2D eigenvalue weighted by Gasteiger charge is -2.37. The van der Waals surface area contributed by atoms with Gasteiger partial charge in [-0.15, -0.1) is 0 Å². The minimum atomic E-state index is -4.64. The van der Waals surface area contributed by atoms with Crippen molar-refractivity contribution in [2.75, 3.05) is 24.2 Å². The van der Waals surface area contributed by atoms with Crippen LogP contribution < -0.4 is 11.1 Å². The van der Waals surface area contributed by atoms with Gasteiger partial charge in [-0.1, -0.05) is 35.9 Å². The van der Waals surface area contributed by atoms with Gasteiger partial charge in [-0.05, 0) is 67.1 Å². The van der Waals surface area contributed by atoms with Crippen LogP contribution in [0.3, 0.4) is 0 Å². The van der Waals surface area contributed by atoms with Crippen molar-refractivity contribution < 1.29 is 30.8 Å². The van der Waals surface area contributed by atoms with Crippen molar-refractivity contribution in [2.45, 2.75) is 61.9 Å². The molecule has 3 aliphatic rings. The van der Waals surface area contributed by atoms with Crippen LogP contribution in [0.25, 0.3) is 0 Å². The molecule has 3 N–H and O–H groups in total. The van der Waals surface area contributed by atoms with Gasteiger partial charge in [-0.2, -0.15) is 17.5 Å². The highest BCUT2D eigenvalue weighted by atomic mass is 35.5. The predicted molar refractivity (Wildman–Crippen MR) is 162 cm³/mol. The molecule has 0 radical (unpaired) electrons. The number of benzene rings is 2. The van der Waals surface area contributed by atoms with Crippen molar-refractivity contribution in [3.63, 3.8) is 0 Å². The van der Waals surface area contributed by atoms with E-state index in [1.807, 2.05) is 0 Å². The summed E-state index contributed by atoms with van der Waals surface area (Å²) in [7, 11) is -3.43. The van der Waals surface area contributed by atoms with Gasteiger partial charge in [0.05, 0.1) is 11.8 Å². The molecule has 0 aliphatic carbocycles. The van der Waals surface area contributed by atoms with Gasteiger partial charge in [0.15, 0.2) is 0 Å². The lowest BCUT2D eigenvalue weighted by Crippen LogP contribution is -2.53. The number of halogens is 5. The number of fused-ring (bicyclic) bond motifs is 4. The van der Waals surface area contributed by atoms with E-state index in [1.54, 1.807) is 34.6 Å². The molecular formula is C31H32ClF4N5O3S. The average Bonchev–Trinajstić information content (AvgIpc) is 3.80. The summed E-state index contributed by atoms with van der Waals surface area (Å²) in [5.41, 5.74) is 6.59. The summed E-state index contributed by atoms with van der Waals surface area (Å²) in [5, 5.41) is 3.14. The van der Waals surface area contributed by atoms with Gasteiger partial charge < -0.3 is 11.1 Å². The monoisotopic (exact) mass is 665 g/mol. The maximum Gasteiger partial charge on any atom is 0.433 e. The normalized spacial score (nSPS) is 26.7. The second kappa shape index (κ2) is 12.3. The number of sulfonamides is 1. The Hall–Kier alpha value is -3.10. The Kier molecular flexibility index (Phi) is 8.68. The molecule has 3 fully saturated rings. The molecule has 8 nitrogen and oxygen atoms in total. The number of aromatic nitrogens is 1. The summed E-state index contributed by atoms with van der Waals surface area (Å²) < 4.78 is 82.5. The Balaban J connectivity index is 1.23. The van der Waals surface area contributed by atoms with Gasteiger partial charge in [-0.3, -0.25) is 14.7 Å². The van der Waals surface area contributed by atoms with E-state index in [0.29, 0.717) is 30.0 Å². The molecule has 2 bridgehead atoms. The van der Waals surface area contributed by atoms with Gasteiger partial charge in [0.25, 0.3) is 0 Å². The molecule has 3 aliphatic heterocycles. The van der Waals surface area contributed by atoms with Gasteiger partial charge in [0.1, 0.15) is 11.5 Å². The fourth-order valence-electron chi connectivity index (χ4n) is 6.73. The maximum absolute atomic E-state index is 15.3. The number of carbonyl (C=O) groups is 1. The third kappa shape index (κ3) is 6.59. The highest BCUT2D eigenvalue weighted by Crippen LogP contribution is 2.40. The molecule has 3 saturated heterocycles. The SMILES string of the molecule is NC(C(=O)Nc1cccc(F)c1CCC1C2CN2C2CCCS(=O)(=O)N1C2)C(c1ccc(Cl)cc1)c1ccc(C(F)(F)F)nc1. The minimum absolute atomic E-state index is 0.0901. The summed E-state index contributed by atoms with van der Waals surface area (Å²) in [4.78, 5) is 19.5. The molecule has 240 valence electrons. The van der Waals surface area contributed by atoms with Crippen molar-refractivity contribution >= 4 is 33.2 Å². The van der Waals surface area contributed by atoms with Crippen molar-refractivity contribution in [1.29, 1.82) is 0 Å². The Morgan fingerprint density at radius 1 is 1.09 bits per heavy atom. The number of hydrogen-bond donors (Lipinski definition) is 2. The summed E-state index contributed by atoms with van der Waals surface area (Å²) in [6.07, 6.45) is -1.61. The number of nitrogens with one attached hydrogen (secondary N) is 1. The van der Waals surface area contributed by atoms with Gasteiger partial charge in [-0.25, -0.2) is 12.8 Å². The maximum atomic E-state index is 15.3. The molecule has 1 aromatic heterocycles. The Labute approximate surface area is 263 Å². The minimum Gasteiger partial charge on any atom is -0.324 e. The van der Waals surface area contributed by atoms with E-state index in [4.69, 9.17) is 17.3 Å². The molecule has 2 aromatic carbocycles. The van der Waals surface area contributed by atoms with E-state index in [0.717, 1.165) is 25.2 Å². The number of nitrogens with two attached hydrogens (primary N) is 1. The van der Waals surface area contributed by atoms with E-state index < -0.39 is 45.6 Å². The molecule has 0 spiro atoms. The molecule has 3 aromatic rings. The molecule has 7 atom stereocenters. The van der Waals surface area contributed by atoms with E-state index in [1.165, 1.54) is 18.2 Å². The van der Waals surface area contributed by atoms with E-state index >= 15 is 4.39 Å². The number of hydrogen-bond acceptors (Lipinski definition) is 6. The molecule has 45 heavy (non-hydrogen) atoms. The topological polar surface area (TPSA) is 108 Å². The summed E-state index contributed by atoms with van der Waals surface area (Å²) >= 11 is 6.04. The molecule has 4 heterocycles. The quantitative estimate of drug-likeness (QED) is 0.265. The highest BCUT2D eigenvalue weighted by Gasteiger charge is 2.55. The first-order valence-corrected chi connectivity index (χ1v) is 16.7. The van der Waals surface area contributed by atoms with Crippen LogP contribution in [0.15, 0.2) is 60.8 Å². The van der Waals surface area contributed by atoms with E-state index in [2.05, 4.69) is 15.2 Å². The second-order valence-corrected chi connectivity index (χ2v) is 14.3. The van der Waals surface area contributed by atoms with Crippen LogP contribution in [0, 0.1) is 5.82 Å². The number of pyridine rings is 1. The average molecular weight is 666 g/mol. The number of piperazine rings is 1. The second-order valence-electron chi connectivity index (χ2n) is 11.8. The molecule has 14 heteroatoms. The first-order chi connectivity index (χ1) is 21.3. The fraction of sp³-hybridized carbons (Fsp3) is 0.419. The number of anilines is 1. The van der Waals surface area contributed by atoms with Gasteiger partial charge in [0.2, 0.25) is 15.9 Å². The van der Waals surface area contributed by atoms with Crippen LogP contribution >= 0.6 is 11.6 Å². The van der Waals surface area contributed by atoms with Crippen LogP contribution in [0.2, 0.25) is 5.02 Å². The highest BCUT2D eigenvalue weighted by molar-refractivity contribution is 7.89. The van der Waals surface area contributed by atoms with Gasteiger partial charge in [0, 0.05) is 59.6 Å². The molecule has 0 saturated carbocycles. The first-order valence-electron chi connectivity index (χ1n) is 14.7. The lowest BCUT2D eigenvalue weighted by molar-refractivity contribution is -0.141.